The minimum atomic E-state index is -0.531. The first-order valence-electron chi connectivity index (χ1n) is 8.65. The first-order chi connectivity index (χ1) is 9.63. The summed E-state index contributed by atoms with van der Waals surface area (Å²) in [6.45, 7) is 15.4. The Bertz CT molecular complexity index is 429. The molecule has 2 aliphatic carbocycles. The molecule has 1 nitrogen and oxygen atoms in total. The summed E-state index contributed by atoms with van der Waals surface area (Å²) in [5.74, 6) is 1.10. The Kier molecular flexibility index (Phi) is 4.46. The highest BCUT2D eigenvalue weighted by Gasteiger charge is 2.57. The topological polar surface area (TPSA) is 20.2 Å². The Morgan fingerprint density at radius 3 is 2.48 bits per heavy atom. The van der Waals surface area contributed by atoms with Crippen molar-refractivity contribution in [2.24, 2.45) is 22.7 Å². The van der Waals surface area contributed by atoms with Crippen LogP contribution in [0.5, 0.6) is 0 Å². The second-order valence-electron chi connectivity index (χ2n) is 8.74. The Labute approximate surface area is 131 Å². The second kappa shape index (κ2) is 5.57. The van der Waals surface area contributed by atoms with Crippen LogP contribution in [0, 0.1) is 22.7 Å². The average Bonchev–Trinajstić information content (AvgIpc) is 2.35. The summed E-state index contributed by atoms with van der Waals surface area (Å²) in [4.78, 5) is 0. The van der Waals surface area contributed by atoms with Gasteiger partial charge in [0.2, 0.25) is 0 Å². The van der Waals surface area contributed by atoms with E-state index in [2.05, 4.69) is 47.3 Å². The van der Waals surface area contributed by atoms with Gasteiger partial charge in [-0.1, -0.05) is 51.5 Å². The van der Waals surface area contributed by atoms with E-state index >= 15 is 0 Å². The average molecular weight is 290 g/mol. The number of allylic oxidation sites excluding steroid dienone is 3. The van der Waals surface area contributed by atoms with Crippen LogP contribution in [0.3, 0.4) is 0 Å². The van der Waals surface area contributed by atoms with Crippen LogP contribution in [0.1, 0.15) is 73.1 Å². The monoisotopic (exact) mass is 290 g/mol. The Morgan fingerprint density at radius 2 is 1.86 bits per heavy atom. The molecule has 120 valence electrons. The van der Waals surface area contributed by atoms with Crippen molar-refractivity contribution in [2.75, 3.05) is 0 Å². The maximum absolute atomic E-state index is 11.0. The van der Waals surface area contributed by atoms with Crippen molar-refractivity contribution >= 4 is 0 Å². The lowest BCUT2D eigenvalue weighted by atomic mass is 9.45. The summed E-state index contributed by atoms with van der Waals surface area (Å²) in [6.07, 6.45) is 11.2. The van der Waals surface area contributed by atoms with Crippen molar-refractivity contribution in [3.63, 3.8) is 0 Å². The zero-order valence-electron chi connectivity index (χ0n) is 14.7. The van der Waals surface area contributed by atoms with E-state index < -0.39 is 5.60 Å². The molecule has 0 spiro atoms. The van der Waals surface area contributed by atoms with Gasteiger partial charge >= 0.3 is 0 Å². The fourth-order valence-electron chi connectivity index (χ4n) is 5.53. The van der Waals surface area contributed by atoms with Crippen LogP contribution >= 0.6 is 0 Å². The molecule has 2 saturated carbocycles. The highest BCUT2D eigenvalue weighted by Crippen LogP contribution is 2.62. The van der Waals surface area contributed by atoms with E-state index in [1.807, 2.05) is 6.08 Å². The molecule has 2 fully saturated rings. The molecule has 0 radical (unpaired) electrons. The smallest absolute Gasteiger partial charge is 0.0656 e. The van der Waals surface area contributed by atoms with Crippen molar-refractivity contribution < 1.29 is 5.11 Å². The van der Waals surface area contributed by atoms with Crippen molar-refractivity contribution in [1.29, 1.82) is 0 Å². The number of fused-ring (bicyclic) bond motifs is 1. The third kappa shape index (κ3) is 2.99. The molecule has 0 aromatic heterocycles. The molecular formula is C20H34O. The minimum absolute atomic E-state index is 0.265. The lowest BCUT2D eigenvalue weighted by molar-refractivity contribution is -0.165. The van der Waals surface area contributed by atoms with Crippen molar-refractivity contribution in [3.8, 4) is 0 Å². The second-order valence-corrected chi connectivity index (χ2v) is 8.74. The van der Waals surface area contributed by atoms with Gasteiger partial charge in [0.1, 0.15) is 0 Å². The molecule has 0 bridgehead atoms. The quantitative estimate of drug-likeness (QED) is 0.680. The molecule has 0 heterocycles. The molecule has 4 atom stereocenters. The Hall–Kier alpha value is -0.560. The number of hydrogen-bond acceptors (Lipinski definition) is 1. The third-order valence-electron chi connectivity index (χ3n) is 6.76. The molecule has 0 saturated heterocycles. The first kappa shape index (κ1) is 16.8. The van der Waals surface area contributed by atoms with Gasteiger partial charge < -0.3 is 5.11 Å². The summed E-state index contributed by atoms with van der Waals surface area (Å²) in [5.41, 5.74) is 1.38. The normalized spacial score (nSPS) is 43.2. The Morgan fingerprint density at radius 1 is 1.19 bits per heavy atom. The fraction of sp³-hybridized carbons (Fsp3) is 0.800. The molecule has 1 N–H and O–H groups in total. The van der Waals surface area contributed by atoms with Crippen molar-refractivity contribution in [1.82, 2.24) is 0 Å². The van der Waals surface area contributed by atoms with Gasteiger partial charge in [-0.3, -0.25) is 0 Å². The van der Waals surface area contributed by atoms with Gasteiger partial charge in [-0.15, -0.1) is 0 Å². The highest BCUT2D eigenvalue weighted by molar-refractivity contribution is 5.15. The molecule has 0 aromatic rings. The molecule has 0 aliphatic heterocycles. The van der Waals surface area contributed by atoms with Crippen LogP contribution in [0.25, 0.3) is 0 Å². The number of aliphatic hydroxyl groups is 1. The molecule has 0 amide bonds. The fourth-order valence-corrected chi connectivity index (χ4v) is 5.53. The molecule has 2 unspecified atom stereocenters. The minimum Gasteiger partial charge on any atom is -0.390 e. The highest BCUT2D eigenvalue weighted by atomic mass is 16.3. The lowest BCUT2D eigenvalue weighted by Gasteiger charge is -2.61. The van der Waals surface area contributed by atoms with Gasteiger partial charge in [0.05, 0.1) is 5.60 Å². The number of rotatable bonds is 3. The SMILES string of the molecule is C=C/C(C)=C/CC1[C@]2(C)CCCC(C)(C)C2CC[C@]1(C)O. The standard InChI is InChI=1S/C20H34O/c1-7-15(2)9-10-17-19(5)13-8-12-18(3,4)16(19)11-14-20(17,6)21/h7,9,16-17,21H,1,8,10-14H2,2-6H3/b15-9+/t16?,17?,19-,20+/m1/s1. The van der Waals surface area contributed by atoms with Crippen LogP contribution < -0.4 is 0 Å². The van der Waals surface area contributed by atoms with E-state index in [0.717, 1.165) is 18.8 Å². The summed E-state index contributed by atoms with van der Waals surface area (Å²) >= 11 is 0. The van der Waals surface area contributed by atoms with Crippen LogP contribution in [-0.2, 0) is 0 Å². The molecule has 21 heavy (non-hydrogen) atoms. The zero-order chi connectivity index (χ0) is 15.9. The molecular weight excluding hydrogens is 256 g/mol. The van der Waals surface area contributed by atoms with E-state index in [1.165, 1.54) is 31.3 Å². The van der Waals surface area contributed by atoms with Crippen LogP contribution in [-0.4, -0.2) is 10.7 Å². The molecule has 0 aromatic carbocycles. The predicted molar refractivity (Wildman–Crippen MR) is 91.1 cm³/mol. The van der Waals surface area contributed by atoms with E-state index in [-0.39, 0.29) is 5.41 Å². The van der Waals surface area contributed by atoms with Crippen LogP contribution in [0.4, 0.5) is 0 Å². The Balaban J connectivity index is 2.35. The molecule has 1 heteroatoms. The predicted octanol–water partition coefficient (Wildman–Crippen LogP) is 5.50. The third-order valence-corrected chi connectivity index (χ3v) is 6.76. The van der Waals surface area contributed by atoms with E-state index in [0.29, 0.717) is 11.3 Å². The summed E-state index contributed by atoms with van der Waals surface area (Å²) < 4.78 is 0. The number of hydrogen-bond donors (Lipinski definition) is 1. The van der Waals surface area contributed by atoms with Gasteiger partial charge in [0, 0.05) is 0 Å². The maximum atomic E-state index is 11.0. The summed E-state index contributed by atoms with van der Waals surface area (Å²) in [7, 11) is 0. The lowest BCUT2D eigenvalue weighted by Crippen LogP contribution is -2.57. The largest absolute Gasteiger partial charge is 0.390 e. The first-order valence-corrected chi connectivity index (χ1v) is 8.65. The molecule has 2 rings (SSSR count). The van der Waals surface area contributed by atoms with E-state index in [4.69, 9.17) is 0 Å². The van der Waals surface area contributed by atoms with Crippen LogP contribution in [0.15, 0.2) is 24.3 Å². The zero-order valence-corrected chi connectivity index (χ0v) is 14.7. The van der Waals surface area contributed by atoms with Crippen molar-refractivity contribution in [3.05, 3.63) is 24.3 Å². The maximum Gasteiger partial charge on any atom is 0.0656 e. The van der Waals surface area contributed by atoms with Gasteiger partial charge in [0.25, 0.3) is 0 Å². The van der Waals surface area contributed by atoms with E-state index in [9.17, 15) is 5.11 Å². The van der Waals surface area contributed by atoms with Gasteiger partial charge in [-0.05, 0) is 68.6 Å². The van der Waals surface area contributed by atoms with Crippen molar-refractivity contribution in [2.45, 2.75) is 78.7 Å². The van der Waals surface area contributed by atoms with E-state index in [1.54, 1.807) is 0 Å². The van der Waals surface area contributed by atoms with Gasteiger partial charge in [0.15, 0.2) is 0 Å². The van der Waals surface area contributed by atoms with Gasteiger partial charge in [-0.2, -0.15) is 0 Å². The summed E-state index contributed by atoms with van der Waals surface area (Å²) in [6, 6.07) is 0. The molecule has 2 aliphatic rings. The van der Waals surface area contributed by atoms with Gasteiger partial charge in [-0.25, -0.2) is 0 Å². The summed E-state index contributed by atoms with van der Waals surface area (Å²) in [5, 5.41) is 11.0. The van der Waals surface area contributed by atoms with Crippen LogP contribution in [0.2, 0.25) is 0 Å².